The van der Waals surface area contributed by atoms with E-state index in [0.717, 1.165) is 18.9 Å². The van der Waals surface area contributed by atoms with Crippen LogP contribution in [-0.4, -0.2) is 29.6 Å². The predicted octanol–water partition coefficient (Wildman–Crippen LogP) is 1.57. The summed E-state index contributed by atoms with van der Waals surface area (Å²) >= 11 is 0. The van der Waals surface area contributed by atoms with Crippen molar-refractivity contribution in [1.29, 1.82) is 0 Å². The average Bonchev–Trinajstić information content (AvgIpc) is 3.12. The maximum atomic E-state index is 13.3. The van der Waals surface area contributed by atoms with Crippen LogP contribution in [0.4, 0.5) is 4.39 Å². The Bertz CT molecular complexity index is 499. The van der Waals surface area contributed by atoms with Gasteiger partial charge in [0, 0.05) is 6.04 Å². The number of carboxylic acid groups (broad SMARTS) is 1. The monoisotopic (exact) mass is 267 g/mol. The van der Waals surface area contributed by atoms with Crippen molar-refractivity contribution in [3.63, 3.8) is 0 Å². The van der Waals surface area contributed by atoms with Gasteiger partial charge in [0.15, 0.2) is 0 Å². The minimum atomic E-state index is -1.39. The molecule has 1 amide bonds. The van der Waals surface area contributed by atoms with Crippen LogP contribution in [0, 0.1) is 5.82 Å². The number of rotatable bonds is 6. The zero-order valence-electron chi connectivity index (χ0n) is 10.2. The van der Waals surface area contributed by atoms with Crippen LogP contribution < -0.4 is 10.1 Å². The molecular formula is C13H14FNO4. The van der Waals surface area contributed by atoms with Crippen molar-refractivity contribution in [2.45, 2.75) is 25.3 Å². The van der Waals surface area contributed by atoms with E-state index in [0.29, 0.717) is 0 Å². The highest BCUT2D eigenvalue weighted by Gasteiger charge is 2.23. The third kappa shape index (κ3) is 3.67. The molecule has 0 atom stereocenters. The third-order valence-corrected chi connectivity index (χ3v) is 2.72. The van der Waals surface area contributed by atoms with Gasteiger partial charge in [0.2, 0.25) is 5.91 Å². The van der Waals surface area contributed by atoms with Crippen LogP contribution in [0.1, 0.15) is 29.6 Å². The summed E-state index contributed by atoms with van der Waals surface area (Å²) in [5, 5.41) is 11.7. The Morgan fingerprint density at radius 2 is 2.16 bits per heavy atom. The number of aromatic carboxylic acids is 1. The third-order valence-electron chi connectivity index (χ3n) is 2.72. The number of carboxylic acids is 1. The Hall–Kier alpha value is -2.11. The van der Waals surface area contributed by atoms with Crippen LogP contribution in [-0.2, 0) is 4.79 Å². The van der Waals surface area contributed by atoms with Crippen molar-refractivity contribution >= 4 is 11.9 Å². The van der Waals surface area contributed by atoms with Crippen molar-refractivity contribution in [2.75, 3.05) is 6.61 Å². The smallest absolute Gasteiger partial charge is 0.342 e. The molecule has 2 N–H and O–H groups in total. The van der Waals surface area contributed by atoms with Crippen molar-refractivity contribution in [3.8, 4) is 5.75 Å². The second kappa shape index (κ2) is 5.69. The van der Waals surface area contributed by atoms with E-state index in [1.54, 1.807) is 0 Å². The highest BCUT2D eigenvalue weighted by Crippen LogP contribution is 2.22. The SMILES string of the molecule is O=C(CCOc1cccc(F)c1C(=O)O)NC1CC1. The number of amides is 1. The largest absolute Gasteiger partial charge is 0.492 e. The minimum Gasteiger partial charge on any atom is -0.492 e. The van der Waals surface area contributed by atoms with Gasteiger partial charge < -0.3 is 15.2 Å². The Labute approximate surface area is 109 Å². The Kier molecular flexibility index (Phi) is 3.99. The van der Waals surface area contributed by atoms with Crippen LogP contribution in [0.2, 0.25) is 0 Å². The summed E-state index contributed by atoms with van der Waals surface area (Å²) in [5.41, 5.74) is -0.509. The lowest BCUT2D eigenvalue weighted by Gasteiger charge is -2.09. The fourth-order valence-corrected chi connectivity index (χ4v) is 1.61. The highest BCUT2D eigenvalue weighted by molar-refractivity contribution is 5.91. The fourth-order valence-electron chi connectivity index (χ4n) is 1.61. The van der Waals surface area contributed by atoms with Crippen molar-refractivity contribution in [2.24, 2.45) is 0 Å². The Morgan fingerprint density at radius 3 is 2.79 bits per heavy atom. The average molecular weight is 267 g/mol. The summed E-state index contributed by atoms with van der Waals surface area (Å²) in [6, 6.07) is 4.05. The number of carbonyl (C=O) groups is 2. The van der Waals surface area contributed by atoms with Crippen LogP contribution >= 0.6 is 0 Å². The maximum absolute atomic E-state index is 13.3. The summed E-state index contributed by atoms with van der Waals surface area (Å²) in [6.07, 6.45) is 2.12. The second-order valence-corrected chi connectivity index (χ2v) is 4.36. The van der Waals surface area contributed by atoms with Crippen molar-refractivity contribution < 1.29 is 23.8 Å². The molecule has 0 heterocycles. The predicted molar refractivity (Wildman–Crippen MR) is 64.6 cm³/mol. The number of benzene rings is 1. The van der Waals surface area contributed by atoms with E-state index in [2.05, 4.69) is 5.32 Å². The number of carbonyl (C=O) groups excluding carboxylic acids is 1. The zero-order chi connectivity index (χ0) is 13.8. The molecule has 0 spiro atoms. The van der Waals surface area contributed by atoms with Gasteiger partial charge >= 0.3 is 5.97 Å². The number of nitrogens with one attached hydrogen (secondary N) is 1. The number of halogens is 1. The maximum Gasteiger partial charge on any atom is 0.342 e. The topological polar surface area (TPSA) is 75.6 Å². The van der Waals surface area contributed by atoms with Gasteiger partial charge in [-0.1, -0.05) is 6.07 Å². The molecule has 1 aromatic carbocycles. The number of ether oxygens (including phenoxy) is 1. The first-order valence-corrected chi connectivity index (χ1v) is 6.02. The lowest BCUT2D eigenvalue weighted by molar-refractivity contribution is -0.121. The molecule has 19 heavy (non-hydrogen) atoms. The molecule has 0 aromatic heterocycles. The van der Waals surface area contributed by atoms with Gasteiger partial charge in [-0.15, -0.1) is 0 Å². The summed E-state index contributed by atoms with van der Waals surface area (Å²) in [6.45, 7) is 0.0162. The van der Waals surface area contributed by atoms with Crippen molar-refractivity contribution in [1.82, 2.24) is 5.32 Å². The molecule has 102 valence electrons. The van der Waals surface area contributed by atoms with E-state index in [9.17, 15) is 14.0 Å². The summed E-state index contributed by atoms with van der Waals surface area (Å²) in [5.74, 6) is -2.45. The van der Waals surface area contributed by atoms with Crippen LogP contribution in [0.25, 0.3) is 0 Å². The van der Waals surface area contributed by atoms with Gasteiger partial charge in [0.1, 0.15) is 17.1 Å². The molecular weight excluding hydrogens is 253 g/mol. The van der Waals surface area contributed by atoms with E-state index in [-0.39, 0.29) is 30.7 Å². The second-order valence-electron chi connectivity index (χ2n) is 4.36. The highest BCUT2D eigenvalue weighted by atomic mass is 19.1. The lowest BCUT2D eigenvalue weighted by Crippen LogP contribution is -2.26. The molecule has 1 aromatic rings. The first kappa shape index (κ1) is 13.3. The molecule has 1 aliphatic rings. The Balaban J connectivity index is 1.89. The normalized spacial score (nSPS) is 13.9. The van der Waals surface area contributed by atoms with Crippen molar-refractivity contribution in [3.05, 3.63) is 29.6 Å². The van der Waals surface area contributed by atoms with Crippen LogP contribution in [0.3, 0.4) is 0 Å². The molecule has 0 unspecified atom stereocenters. The number of hydrogen-bond acceptors (Lipinski definition) is 3. The molecule has 1 aliphatic carbocycles. The molecule has 1 fully saturated rings. The quantitative estimate of drug-likeness (QED) is 0.820. The molecule has 2 rings (SSSR count). The minimum absolute atomic E-state index is 0.0162. The molecule has 0 bridgehead atoms. The molecule has 6 heteroatoms. The van der Waals surface area contributed by atoms with Gasteiger partial charge in [0.05, 0.1) is 13.0 Å². The van der Waals surface area contributed by atoms with Gasteiger partial charge in [-0.05, 0) is 25.0 Å². The van der Waals surface area contributed by atoms with Gasteiger partial charge in [-0.3, -0.25) is 4.79 Å². The number of hydrogen-bond donors (Lipinski definition) is 2. The first-order chi connectivity index (χ1) is 9.08. The summed E-state index contributed by atoms with van der Waals surface area (Å²) in [7, 11) is 0. The molecule has 0 radical (unpaired) electrons. The van der Waals surface area contributed by atoms with Crippen LogP contribution in [0.5, 0.6) is 5.75 Å². The zero-order valence-corrected chi connectivity index (χ0v) is 10.2. The van der Waals surface area contributed by atoms with Gasteiger partial charge in [0.25, 0.3) is 0 Å². The van der Waals surface area contributed by atoms with E-state index < -0.39 is 17.3 Å². The van der Waals surface area contributed by atoms with E-state index in [1.807, 2.05) is 0 Å². The molecule has 1 saturated carbocycles. The summed E-state index contributed by atoms with van der Waals surface area (Å²) in [4.78, 5) is 22.3. The van der Waals surface area contributed by atoms with E-state index >= 15 is 0 Å². The molecule has 0 aliphatic heterocycles. The van der Waals surface area contributed by atoms with E-state index in [4.69, 9.17) is 9.84 Å². The van der Waals surface area contributed by atoms with Gasteiger partial charge in [-0.2, -0.15) is 0 Å². The lowest BCUT2D eigenvalue weighted by atomic mass is 10.2. The molecule has 5 nitrogen and oxygen atoms in total. The summed E-state index contributed by atoms with van der Waals surface area (Å²) < 4.78 is 18.5. The molecule has 0 saturated heterocycles. The fraction of sp³-hybridized carbons (Fsp3) is 0.385. The standard InChI is InChI=1S/C13H14FNO4/c14-9-2-1-3-10(12(9)13(17)18)19-7-6-11(16)15-8-4-5-8/h1-3,8H,4-7H2,(H,15,16)(H,17,18). The Morgan fingerprint density at radius 1 is 1.42 bits per heavy atom. The van der Waals surface area contributed by atoms with E-state index in [1.165, 1.54) is 12.1 Å². The first-order valence-electron chi connectivity index (χ1n) is 6.02. The van der Waals surface area contributed by atoms with Gasteiger partial charge in [-0.25, -0.2) is 9.18 Å². The van der Waals surface area contributed by atoms with Crippen LogP contribution in [0.15, 0.2) is 18.2 Å².